The van der Waals surface area contributed by atoms with E-state index >= 15 is 0 Å². The second-order valence-corrected chi connectivity index (χ2v) is 3.72. The SMILES string of the molecule is C#CC(C)N1CCC(C)(N)C1. The van der Waals surface area contributed by atoms with Crippen LogP contribution in [0.15, 0.2) is 0 Å². The number of nitrogens with two attached hydrogens (primary N) is 1. The summed E-state index contributed by atoms with van der Waals surface area (Å²) in [5.41, 5.74) is 5.93. The Morgan fingerprint density at radius 2 is 2.36 bits per heavy atom. The molecule has 0 aromatic heterocycles. The Morgan fingerprint density at radius 3 is 2.73 bits per heavy atom. The number of hydrogen-bond acceptors (Lipinski definition) is 2. The maximum absolute atomic E-state index is 5.95. The van der Waals surface area contributed by atoms with Crippen molar-refractivity contribution in [2.75, 3.05) is 13.1 Å². The summed E-state index contributed by atoms with van der Waals surface area (Å²) < 4.78 is 0. The van der Waals surface area contributed by atoms with Crippen LogP contribution >= 0.6 is 0 Å². The van der Waals surface area contributed by atoms with Gasteiger partial charge in [-0.1, -0.05) is 5.92 Å². The number of likely N-dealkylation sites (tertiary alicyclic amines) is 1. The van der Waals surface area contributed by atoms with Crippen molar-refractivity contribution in [2.45, 2.75) is 31.8 Å². The molecule has 1 fully saturated rings. The Balaban J connectivity index is 2.50. The summed E-state index contributed by atoms with van der Waals surface area (Å²) >= 11 is 0. The van der Waals surface area contributed by atoms with E-state index < -0.39 is 0 Å². The molecular formula is C9H16N2. The van der Waals surface area contributed by atoms with Crippen LogP contribution in [0.1, 0.15) is 20.3 Å². The second-order valence-electron chi connectivity index (χ2n) is 3.72. The molecule has 2 heteroatoms. The Bertz CT molecular complexity index is 178. The second kappa shape index (κ2) is 2.84. The van der Waals surface area contributed by atoms with Gasteiger partial charge in [0.2, 0.25) is 0 Å². The van der Waals surface area contributed by atoms with Gasteiger partial charge in [0.25, 0.3) is 0 Å². The number of hydrogen-bond donors (Lipinski definition) is 1. The van der Waals surface area contributed by atoms with E-state index in [0.29, 0.717) is 0 Å². The lowest BCUT2D eigenvalue weighted by atomic mass is 10.0. The highest BCUT2D eigenvalue weighted by Gasteiger charge is 2.31. The zero-order chi connectivity index (χ0) is 8.48. The predicted molar refractivity (Wildman–Crippen MR) is 47.1 cm³/mol. The lowest BCUT2D eigenvalue weighted by Crippen LogP contribution is -2.41. The van der Waals surface area contributed by atoms with Crippen molar-refractivity contribution in [3.8, 4) is 12.3 Å². The highest BCUT2D eigenvalue weighted by atomic mass is 15.2. The molecule has 0 aliphatic carbocycles. The van der Waals surface area contributed by atoms with Gasteiger partial charge in [0, 0.05) is 18.6 Å². The molecule has 0 spiro atoms. The van der Waals surface area contributed by atoms with E-state index in [2.05, 4.69) is 17.7 Å². The van der Waals surface area contributed by atoms with Crippen LogP contribution in [0.5, 0.6) is 0 Å². The lowest BCUT2D eigenvalue weighted by Gasteiger charge is -2.22. The minimum atomic E-state index is -0.0227. The molecule has 2 N–H and O–H groups in total. The fraction of sp³-hybridized carbons (Fsp3) is 0.778. The monoisotopic (exact) mass is 152 g/mol. The van der Waals surface area contributed by atoms with Gasteiger partial charge in [-0.25, -0.2) is 0 Å². The molecule has 0 saturated carbocycles. The largest absolute Gasteiger partial charge is 0.324 e. The Kier molecular flexibility index (Phi) is 2.22. The molecule has 1 aliphatic heterocycles. The summed E-state index contributed by atoms with van der Waals surface area (Å²) in [6.45, 7) is 6.09. The van der Waals surface area contributed by atoms with Gasteiger partial charge in [-0.15, -0.1) is 6.42 Å². The quantitative estimate of drug-likeness (QED) is 0.552. The van der Waals surface area contributed by atoms with Gasteiger partial charge >= 0.3 is 0 Å². The van der Waals surface area contributed by atoms with Crippen LogP contribution in [-0.4, -0.2) is 29.6 Å². The van der Waals surface area contributed by atoms with Crippen LogP contribution in [0.2, 0.25) is 0 Å². The maximum Gasteiger partial charge on any atom is 0.0683 e. The molecule has 0 radical (unpaired) electrons. The molecule has 0 aromatic carbocycles. The average molecular weight is 152 g/mol. The topological polar surface area (TPSA) is 29.3 Å². The Morgan fingerprint density at radius 1 is 1.73 bits per heavy atom. The van der Waals surface area contributed by atoms with Gasteiger partial charge in [-0.05, 0) is 20.3 Å². The standard InChI is InChI=1S/C9H16N2/c1-4-8(2)11-6-5-9(3,10)7-11/h1,8H,5-7,10H2,2-3H3. The van der Waals surface area contributed by atoms with Gasteiger partial charge in [-0.2, -0.15) is 0 Å². The zero-order valence-electron chi connectivity index (χ0n) is 7.30. The third kappa shape index (κ3) is 1.95. The smallest absolute Gasteiger partial charge is 0.0683 e. The Labute approximate surface area is 68.8 Å². The molecule has 0 aromatic rings. The Hall–Kier alpha value is -0.520. The van der Waals surface area contributed by atoms with Gasteiger partial charge in [-0.3, -0.25) is 4.90 Å². The number of nitrogens with zero attached hydrogens (tertiary/aromatic N) is 1. The zero-order valence-corrected chi connectivity index (χ0v) is 7.30. The van der Waals surface area contributed by atoms with E-state index in [9.17, 15) is 0 Å². The molecule has 0 bridgehead atoms. The van der Waals surface area contributed by atoms with Crippen LogP contribution in [0, 0.1) is 12.3 Å². The van der Waals surface area contributed by atoms with Crippen LogP contribution in [0.25, 0.3) is 0 Å². The lowest BCUT2D eigenvalue weighted by molar-refractivity contribution is 0.289. The van der Waals surface area contributed by atoms with Crippen molar-refractivity contribution in [2.24, 2.45) is 5.73 Å². The van der Waals surface area contributed by atoms with E-state index in [1.807, 2.05) is 6.92 Å². The highest BCUT2D eigenvalue weighted by Crippen LogP contribution is 2.19. The molecule has 11 heavy (non-hydrogen) atoms. The summed E-state index contributed by atoms with van der Waals surface area (Å²) in [4.78, 5) is 2.25. The molecule has 2 nitrogen and oxygen atoms in total. The first kappa shape index (κ1) is 8.58. The molecule has 1 heterocycles. The molecule has 0 amide bonds. The molecule has 2 atom stereocenters. The van der Waals surface area contributed by atoms with Crippen LogP contribution in [0.4, 0.5) is 0 Å². The molecule has 1 rings (SSSR count). The summed E-state index contributed by atoms with van der Waals surface area (Å²) in [7, 11) is 0. The van der Waals surface area contributed by atoms with Crippen molar-refractivity contribution in [1.29, 1.82) is 0 Å². The number of terminal acetylenes is 1. The first-order chi connectivity index (χ1) is 5.05. The van der Waals surface area contributed by atoms with Gasteiger partial charge in [0.15, 0.2) is 0 Å². The van der Waals surface area contributed by atoms with E-state index in [1.165, 1.54) is 0 Å². The molecule has 2 unspecified atom stereocenters. The normalized spacial score (nSPS) is 35.1. The summed E-state index contributed by atoms with van der Waals surface area (Å²) in [6.07, 6.45) is 6.36. The van der Waals surface area contributed by atoms with Crippen molar-refractivity contribution in [3.63, 3.8) is 0 Å². The highest BCUT2D eigenvalue weighted by molar-refractivity contribution is 5.02. The van der Waals surface area contributed by atoms with Crippen LogP contribution in [0.3, 0.4) is 0 Å². The van der Waals surface area contributed by atoms with Crippen LogP contribution in [-0.2, 0) is 0 Å². The van der Waals surface area contributed by atoms with E-state index in [4.69, 9.17) is 12.2 Å². The van der Waals surface area contributed by atoms with Crippen molar-refractivity contribution >= 4 is 0 Å². The molecule has 1 saturated heterocycles. The first-order valence-electron chi connectivity index (χ1n) is 4.04. The molecule has 1 aliphatic rings. The predicted octanol–water partition coefficient (Wildman–Crippen LogP) is 0.431. The fourth-order valence-corrected chi connectivity index (χ4v) is 1.46. The third-order valence-electron chi connectivity index (χ3n) is 2.32. The van der Waals surface area contributed by atoms with Gasteiger partial charge in [0.1, 0.15) is 0 Å². The summed E-state index contributed by atoms with van der Waals surface area (Å²) in [6, 6.07) is 0.236. The van der Waals surface area contributed by atoms with Crippen LogP contribution < -0.4 is 5.73 Å². The first-order valence-corrected chi connectivity index (χ1v) is 4.04. The van der Waals surface area contributed by atoms with Gasteiger partial charge < -0.3 is 5.73 Å². The molecular weight excluding hydrogens is 136 g/mol. The third-order valence-corrected chi connectivity index (χ3v) is 2.32. The van der Waals surface area contributed by atoms with Crippen molar-refractivity contribution in [3.05, 3.63) is 0 Å². The minimum absolute atomic E-state index is 0.0227. The maximum atomic E-state index is 5.95. The fourth-order valence-electron chi connectivity index (χ4n) is 1.46. The van der Waals surface area contributed by atoms with E-state index in [1.54, 1.807) is 0 Å². The van der Waals surface area contributed by atoms with E-state index in [0.717, 1.165) is 19.5 Å². The van der Waals surface area contributed by atoms with E-state index in [-0.39, 0.29) is 11.6 Å². The molecule has 62 valence electrons. The van der Waals surface area contributed by atoms with Gasteiger partial charge in [0.05, 0.1) is 6.04 Å². The number of rotatable bonds is 1. The average Bonchev–Trinajstić information content (AvgIpc) is 2.29. The van der Waals surface area contributed by atoms with Crippen molar-refractivity contribution < 1.29 is 0 Å². The minimum Gasteiger partial charge on any atom is -0.324 e. The summed E-state index contributed by atoms with van der Waals surface area (Å²) in [5.74, 6) is 2.72. The summed E-state index contributed by atoms with van der Waals surface area (Å²) in [5, 5.41) is 0. The van der Waals surface area contributed by atoms with Crippen molar-refractivity contribution in [1.82, 2.24) is 4.90 Å².